The highest BCUT2D eigenvalue weighted by molar-refractivity contribution is 6.03. The molecule has 1 heterocycles. The van der Waals surface area contributed by atoms with E-state index < -0.39 is 17.8 Å². The summed E-state index contributed by atoms with van der Waals surface area (Å²) in [7, 11) is 2.38. The third-order valence-corrected chi connectivity index (χ3v) is 3.42. The molecular formula is C17H20FNO6. The average molecular weight is 353 g/mol. The Balaban J connectivity index is 2.62. The zero-order valence-electron chi connectivity index (χ0n) is 14.5. The number of halogens is 1. The van der Waals surface area contributed by atoms with Gasteiger partial charge in [-0.1, -0.05) is 6.07 Å². The van der Waals surface area contributed by atoms with Gasteiger partial charge in [0, 0.05) is 0 Å². The number of hydrogen-bond donors (Lipinski definition) is 0. The van der Waals surface area contributed by atoms with E-state index in [1.165, 1.54) is 31.3 Å². The van der Waals surface area contributed by atoms with Crippen molar-refractivity contribution in [3.8, 4) is 5.75 Å². The van der Waals surface area contributed by atoms with Crippen molar-refractivity contribution in [1.29, 1.82) is 0 Å². The number of methoxy groups -OCH3 is 2. The van der Waals surface area contributed by atoms with E-state index in [9.17, 15) is 14.0 Å². The van der Waals surface area contributed by atoms with Gasteiger partial charge in [-0.25, -0.2) is 14.0 Å². The summed E-state index contributed by atoms with van der Waals surface area (Å²) in [6, 6.07) is 4.28. The fourth-order valence-electron chi connectivity index (χ4n) is 2.40. The highest BCUT2D eigenvalue weighted by Crippen LogP contribution is 2.36. The molecule has 8 heteroatoms. The van der Waals surface area contributed by atoms with E-state index in [-0.39, 0.29) is 42.1 Å². The van der Waals surface area contributed by atoms with Gasteiger partial charge in [-0.3, -0.25) is 0 Å². The van der Waals surface area contributed by atoms with Gasteiger partial charge in [0.2, 0.25) is 0 Å². The Morgan fingerprint density at radius 3 is 2.48 bits per heavy atom. The first kappa shape index (κ1) is 18.7. The first-order valence-electron chi connectivity index (χ1n) is 7.60. The van der Waals surface area contributed by atoms with Gasteiger partial charge >= 0.3 is 11.9 Å². The number of rotatable bonds is 5. The second kappa shape index (κ2) is 7.98. The molecule has 0 radical (unpaired) electrons. The molecular weight excluding hydrogens is 333 g/mol. The molecule has 0 N–H and O–H groups in total. The minimum Gasteiger partial charge on any atom is -0.486 e. The van der Waals surface area contributed by atoms with Gasteiger partial charge in [-0.2, -0.15) is 0 Å². The second-order valence-corrected chi connectivity index (χ2v) is 5.47. The standard InChI is InChI=1S/C17H20FNO6/c1-10(2)25-15-12(18)6-5-7-13(15)19-9-24-8-11(16(20)22-3)14(19)17(21)23-4/h5-7,10H,8-9H2,1-4H3. The monoisotopic (exact) mass is 353 g/mol. The number of nitrogens with zero attached hydrogens (tertiary/aromatic N) is 1. The molecule has 0 atom stereocenters. The maximum absolute atomic E-state index is 14.3. The molecule has 0 spiro atoms. The lowest BCUT2D eigenvalue weighted by Gasteiger charge is -2.32. The van der Waals surface area contributed by atoms with E-state index in [0.717, 1.165) is 0 Å². The number of hydrogen-bond acceptors (Lipinski definition) is 7. The van der Waals surface area contributed by atoms with Crippen LogP contribution < -0.4 is 9.64 Å². The molecule has 0 saturated heterocycles. The minimum absolute atomic E-state index is 0.0136. The summed E-state index contributed by atoms with van der Waals surface area (Å²) >= 11 is 0. The zero-order chi connectivity index (χ0) is 18.6. The van der Waals surface area contributed by atoms with Crippen molar-refractivity contribution < 1.29 is 32.9 Å². The van der Waals surface area contributed by atoms with E-state index in [4.69, 9.17) is 18.9 Å². The molecule has 1 aromatic carbocycles. The number of esters is 2. The predicted octanol–water partition coefficient (Wildman–Crippen LogP) is 2.01. The maximum Gasteiger partial charge on any atom is 0.355 e. The largest absolute Gasteiger partial charge is 0.486 e. The molecule has 0 unspecified atom stereocenters. The summed E-state index contributed by atoms with van der Waals surface area (Å²) in [5.74, 6) is -2.13. The molecule has 0 saturated carbocycles. The summed E-state index contributed by atoms with van der Waals surface area (Å²) < 4.78 is 34.7. The Bertz CT molecular complexity index is 700. The summed E-state index contributed by atoms with van der Waals surface area (Å²) in [5.41, 5.74) is 0.162. The molecule has 25 heavy (non-hydrogen) atoms. The van der Waals surface area contributed by atoms with Crippen LogP contribution in [0.2, 0.25) is 0 Å². The van der Waals surface area contributed by atoms with Gasteiger partial charge < -0.3 is 23.8 Å². The summed E-state index contributed by atoms with van der Waals surface area (Å²) in [6.45, 7) is 3.30. The molecule has 0 amide bonds. The van der Waals surface area contributed by atoms with Gasteiger partial charge in [0.15, 0.2) is 11.6 Å². The minimum atomic E-state index is -0.761. The number of para-hydroxylation sites is 1. The van der Waals surface area contributed by atoms with Crippen LogP contribution in [-0.2, 0) is 23.8 Å². The van der Waals surface area contributed by atoms with Gasteiger partial charge in [0.25, 0.3) is 0 Å². The Morgan fingerprint density at radius 2 is 1.88 bits per heavy atom. The van der Waals surface area contributed by atoms with Crippen molar-refractivity contribution >= 4 is 17.6 Å². The van der Waals surface area contributed by atoms with Gasteiger partial charge in [0.1, 0.15) is 12.4 Å². The van der Waals surface area contributed by atoms with Gasteiger partial charge in [-0.15, -0.1) is 0 Å². The first-order valence-corrected chi connectivity index (χ1v) is 7.60. The molecule has 0 aliphatic carbocycles. The summed E-state index contributed by atoms with van der Waals surface area (Å²) in [4.78, 5) is 25.6. The van der Waals surface area contributed by atoms with Crippen molar-refractivity contribution in [2.45, 2.75) is 20.0 Å². The Kier molecular flexibility index (Phi) is 5.97. The predicted molar refractivity (Wildman–Crippen MR) is 86.5 cm³/mol. The lowest BCUT2D eigenvalue weighted by molar-refractivity contribution is -0.140. The number of ether oxygens (including phenoxy) is 4. The summed E-state index contributed by atoms with van der Waals surface area (Å²) in [6.07, 6.45) is -0.299. The average Bonchev–Trinajstić information content (AvgIpc) is 2.61. The smallest absolute Gasteiger partial charge is 0.355 e. The fraction of sp³-hybridized carbons (Fsp3) is 0.412. The molecule has 0 fully saturated rings. The van der Waals surface area contributed by atoms with Crippen molar-refractivity contribution in [2.24, 2.45) is 0 Å². The molecule has 0 bridgehead atoms. The summed E-state index contributed by atoms with van der Waals surface area (Å²) in [5, 5.41) is 0. The normalized spacial score (nSPS) is 14.6. The molecule has 136 valence electrons. The maximum atomic E-state index is 14.3. The van der Waals surface area contributed by atoms with Crippen LogP contribution in [0.3, 0.4) is 0 Å². The number of carbonyl (C=O) groups is 2. The number of anilines is 1. The highest BCUT2D eigenvalue weighted by Gasteiger charge is 2.34. The molecule has 1 aliphatic rings. The Morgan fingerprint density at radius 1 is 1.20 bits per heavy atom. The lowest BCUT2D eigenvalue weighted by atomic mass is 10.1. The molecule has 1 aliphatic heterocycles. The van der Waals surface area contributed by atoms with Crippen molar-refractivity contribution in [1.82, 2.24) is 0 Å². The van der Waals surface area contributed by atoms with E-state index in [1.54, 1.807) is 19.9 Å². The van der Waals surface area contributed by atoms with E-state index in [2.05, 4.69) is 0 Å². The first-order chi connectivity index (χ1) is 11.9. The Hall–Kier alpha value is -2.61. The quantitative estimate of drug-likeness (QED) is 0.750. The zero-order valence-corrected chi connectivity index (χ0v) is 14.5. The van der Waals surface area contributed by atoms with Gasteiger partial charge in [-0.05, 0) is 26.0 Å². The van der Waals surface area contributed by atoms with Crippen LogP contribution in [0.4, 0.5) is 10.1 Å². The van der Waals surface area contributed by atoms with Crippen LogP contribution >= 0.6 is 0 Å². The van der Waals surface area contributed by atoms with Gasteiger partial charge in [0.05, 0.1) is 38.2 Å². The third-order valence-electron chi connectivity index (χ3n) is 3.42. The topological polar surface area (TPSA) is 74.3 Å². The van der Waals surface area contributed by atoms with E-state index in [1.807, 2.05) is 0 Å². The third kappa shape index (κ3) is 3.90. The van der Waals surface area contributed by atoms with Crippen LogP contribution in [0.15, 0.2) is 29.5 Å². The van der Waals surface area contributed by atoms with Crippen molar-refractivity contribution in [2.75, 3.05) is 32.5 Å². The molecule has 1 aromatic rings. The Labute approximate surface area is 144 Å². The van der Waals surface area contributed by atoms with Crippen LogP contribution in [0.1, 0.15) is 13.8 Å². The fourth-order valence-corrected chi connectivity index (χ4v) is 2.40. The van der Waals surface area contributed by atoms with Crippen LogP contribution in [0.25, 0.3) is 0 Å². The van der Waals surface area contributed by atoms with Crippen LogP contribution in [0, 0.1) is 5.82 Å². The van der Waals surface area contributed by atoms with Crippen molar-refractivity contribution in [3.05, 3.63) is 35.3 Å². The lowest BCUT2D eigenvalue weighted by Crippen LogP contribution is -2.39. The molecule has 2 rings (SSSR count). The van der Waals surface area contributed by atoms with Crippen molar-refractivity contribution in [3.63, 3.8) is 0 Å². The van der Waals surface area contributed by atoms with E-state index >= 15 is 0 Å². The molecule has 0 aromatic heterocycles. The van der Waals surface area contributed by atoms with E-state index in [0.29, 0.717) is 0 Å². The number of carbonyl (C=O) groups excluding carboxylic acids is 2. The highest BCUT2D eigenvalue weighted by atomic mass is 19.1. The van der Waals surface area contributed by atoms with Crippen LogP contribution in [-0.4, -0.2) is 45.6 Å². The van der Waals surface area contributed by atoms with Crippen LogP contribution in [0.5, 0.6) is 5.75 Å². The second-order valence-electron chi connectivity index (χ2n) is 5.47. The number of benzene rings is 1. The SMILES string of the molecule is COC(=O)C1=C(C(=O)OC)N(c2cccc(F)c2OC(C)C)COC1. The molecule has 7 nitrogen and oxygen atoms in total.